The van der Waals surface area contributed by atoms with Crippen LogP contribution >= 0.6 is 0 Å². The van der Waals surface area contributed by atoms with Crippen LogP contribution in [0.1, 0.15) is 13.8 Å². The minimum absolute atomic E-state index is 0.119. The van der Waals surface area contributed by atoms with Crippen molar-refractivity contribution in [1.29, 1.82) is 0 Å². The van der Waals surface area contributed by atoms with Crippen molar-refractivity contribution in [3.63, 3.8) is 0 Å². The molecule has 8 heteroatoms. The Balaban J connectivity index is 2.97. The lowest BCUT2D eigenvalue weighted by Crippen LogP contribution is -2.42. The van der Waals surface area contributed by atoms with Crippen LogP contribution in [0.15, 0.2) is 23.1 Å². The lowest BCUT2D eigenvalue weighted by atomic mass is 9.93. The number of sulfonamides is 1. The lowest BCUT2D eigenvalue weighted by molar-refractivity contribution is -0.125. The van der Waals surface area contributed by atoms with Crippen LogP contribution in [0.2, 0.25) is 0 Å². The summed E-state index contributed by atoms with van der Waals surface area (Å²) in [4.78, 5) is 10.6. The second-order valence-electron chi connectivity index (χ2n) is 4.76. The second-order valence-corrected chi connectivity index (χ2v) is 6.50. The Morgan fingerprint density at radius 3 is 2.47 bits per heavy atom. The van der Waals surface area contributed by atoms with Crippen molar-refractivity contribution < 1.29 is 17.6 Å². The Labute approximate surface area is 111 Å². The fourth-order valence-corrected chi connectivity index (χ4v) is 2.44. The van der Waals surface area contributed by atoms with Crippen LogP contribution in [0.5, 0.6) is 0 Å². The molecule has 0 saturated heterocycles. The summed E-state index contributed by atoms with van der Waals surface area (Å²) in [6, 6.07) is 3.24. The van der Waals surface area contributed by atoms with Gasteiger partial charge in [0.15, 0.2) is 0 Å². The molecule has 0 aliphatic rings. The molecule has 0 unspecified atom stereocenters. The Bertz CT molecular complexity index is 599. The highest BCUT2D eigenvalue weighted by Crippen LogP contribution is 2.19. The van der Waals surface area contributed by atoms with Gasteiger partial charge in [-0.05, 0) is 32.0 Å². The van der Waals surface area contributed by atoms with Crippen molar-refractivity contribution in [2.75, 3.05) is 12.3 Å². The molecule has 0 radical (unpaired) electrons. The standard InChI is InChI=1S/C11H16FN3O3S/c1-11(2,10(14)16)6-15-19(17,18)9-4-3-7(13)5-8(9)12/h3-5,15H,6,13H2,1-2H3,(H2,14,16). The summed E-state index contributed by atoms with van der Waals surface area (Å²) in [6.45, 7) is 2.74. The van der Waals surface area contributed by atoms with Crippen LogP contribution in [0.3, 0.4) is 0 Å². The molecule has 1 rings (SSSR count). The summed E-state index contributed by atoms with van der Waals surface area (Å²) >= 11 is 0. The lowest BCUT2D eigenvalue weighted by Gasteiger charge is -2.20. The van der Waals surface area contributed by atoms with Gasteiger partial charge in [-0.2, -0.15) is 0 Å². The van der Waals surface area contributed by atoms with Gasteiger partial charge in [0.1, 0.15) is 10.7 Å². The van der Waals surface area contributed by atoms with E-state index in [2.05, 4.69) is 4.72 Å². The SMILES string of the molecule is CC(C)(CNS(=O)(=O)c1ccc(N)cc1F)C(N)=O. The zero-order valence-corrected chi connectivity index (χ0v) is 11.4. The molecule has 0 spiro atoms. The van der Waals surface area contributed by atoms with E-state index in [0.717, 1.165) is 12.1 Å². The van der Waals surface area contributed by atoms with Crippen LogP contribution in [-0.2, 0) is 14.8 Å². The molecule has 19 heavy (non-hydrogen) atoms. The first-order valence-corrected chi connectivity index (χ1v) is 6.89. The van der Waals surface area contributed by atoms with Gasteiger partial charge in [-0.15, -0.1) is 0 Å². The minimum atomic E-state index is -4.06. The topological polar surface area (TPSA) is 115 Å². The van der Waals surface area contributed by atoms with Crippen LogP contribution in [0, 0.1) is 11.2 Å². The first-order chi connectivity index (χ1) is 8.56. The molecule has 0 saturated carbocycles. The smallest absolute Gasteiger partial charge is 0.243 e. The molecule has 5 N–H and O–H groups in total. The highest BCUT2D eigenvalue weighted by Gasteiger charge is 2.28. The predicted molar refractivity (Wildman–Crippen MR) is 69.0 cm³/mol. The molecule has 1 amide bonds. The normalized spacial score (nSPS) is 12.4. The summed E-state index contributed by atoms with van der Waals surface area (Å²) in [5, 5.41) is 0. The van der Waals surface area contributed by atoms with Gasteiger partial charge in [0.25, 0.3) is 0 Å². The number of amides is 1. The molecule has 0 aliphatic carbocycles. The third kappa shape index (κ3) is 3.65. The second kappa shape index (κ2) is 5.14. The van der Waals surface area contributed by atoms with E-state index >= 15 is 0 Å². The van der Waals surface area contributed by atoms with E-state index in [1.807, 2.05) is 0 Å². The summed E-state index contributed by atoms with van der Waals surface area (Å²) in [5.41, 5.74) is 9.51. The molecular weight excluding hydrogens is 273 g/mol. The van der Waals surface area contributed by atoms with E-state index in [1.165, 1.54) is 19.9 Å². The molecule has 0 aliphatic heterocycles. The van der Waals surface area contributed by atoms with Crippen molar-refractivity contribution in [2.24, 2.45) is 11.1 Å². The highest BCUT2D eigenvalue weighted by atomic mass is 32.2. The van der Waals surface area contributed by atoms with E-state index in [9.17, 15) is 17.6 Å². The van der Waals surface area contributed by atoms with Crippen LogP contribution in [0.4, 0.5) is 10.1 Å². The van der Waals surface area contributed by atoms with Gasteiger partial charge in [0.2, 0.25) is 15.9 Å². The van der Waals surface area contributed by atoms with Crippen LogP contribution < -0.4 is 16.2 Å². The molecule has 106 valence electrons. The van der Waals surface area contributed by atoms with Gasteiger partial charge in [0.05, 0.1) is 5.41 Å². The summed E-state index contributed by atoms with van der Waals surface area (Å²) < 4.78 is 39.5. The van der Waals surface area contributed by atoms with Gasteiger partial charge < -0.3 is 11.5 Å². The van der Waals surface area contributed by atoms with Gasteiger partial charge >= 0.3 is 0 Å². The molecule has 0 fully saturated rings. The largest absolute Gasteiger partial charge is 0.399 e. The Morgan fingerprint density at radius 2 is 2.00 bits per heavy atom. The molecule has 1 aromatic rings. The zero-order valence-electron chi connectivity index (χ0n) is 10.6. The predicted octanol–water partition coefficient (Wildman–Crippen LogP) is 0.198. The number of hydrogen-bond acceptors (Lipinski definition) is 4. The maximum absolute atomic E-state index is 13.5. The number of anilines is 1. The monoisotopic (exact) mass is 289 g/mol. The number of hydrogen-bond donors (Lipinski definition) is 3. The fourth-order valence-electron chi connectivity index (χ4n) is 1.18. The minimum Gasteiger partial charge on any atom is -0.399 e. The van der Waals surface area contributed by atoms with Crippen LogP contribution in [-0.4, -0.2) is 20.9 Å². The number of carbonyl (C=O) groups is 1. The Morgan fingerprint density at radius 1 is 1.42 bits per heavy atom. The van der Waals surface area contributed by atoms with E-state index in [0.29, 0.717) is 0 Å². The van der Waals surface area contributed by atoms with Gasteiger partial charge in [0, 0.05) is 12.2 Å². The summed E-state index contributed by atoms with van der Waals surface area (Å²) in [5.74, 6) is -1.61. The van der Waals surface area contributed by atoms with Crippen LogP contribution in [0.25, 0.3) is 0 Å². The number of nitrogen functional groups attached to an aromatic ring is 1. The first kappa shape index (κ1) is 15.4. The summed E-state index contributed by atoms with van der Waals surface area (Å²) in [7, 11) is -4.06. The third-order valence-corrected chi connectivity index (χ3v) is 4.05. The van der Waals surface area contributed by atoms with Crippen molar-refractivity contribution in [1.82, 2.24) is 4.72 Å². The average molecular weight is 289 g/mol. The fraction of sp³-hybridized carbons (Fsp3) is 0.364. The van der Waals surface area contributed by atoms with Gasteiger partial charge in [-0.3, -0.25) is 4.79 Å². The average Bonchev–Trinajstić information content (AvgIpc) is 2.26. The number of nitrogens with two attached hydrogens (primary N) is 2. The van der Waals surface area contributed by atoms with E-state index in [1.54, 1.807) is 0 Å². The number of rotatable bonds is 5. The molecule has 6 nitrogen and oxygen atoms in total. The number of benzene rings is 1. The first-order valence-electron chi connectivity index (χ1n) is 5.41. The molecule has 0 atom stereocenters. The number of nitrogens with one attached hydrogen (secondary N) is 1. The molecule has 0 aromatic heterocycles. The quantitative estimate of drug-likeness (QED) is 0.671. The zero-order chi connectivity index (χ0) is 14.8. The molecular formula is C11H16FN3O3S. The highest BCUT2D eigenvalue weighted by molar-refractivity contribution is 7.89. The third-order valence-electron chi connectivity index (χ3n) is 2.62. The van der Waals surface area contributed by atoms with Crippen molar-refractivity contribution >= 4 is 21.6 Å². The van der Waals surface area contributed by atoms with E-state index < -0.39 is 32.1 Å². The maximum atomic E-state index is 13.5. The van der Waals surface area contributed by atoms with Crippen molar-refractivity contribution in [3.8, 4) is 0 Å². The maximum Gasteiger partial charge on any atom is 0.243 e. The number of carbonyl (C=O) groups excluding carboxylic acids is 1. The van der Waals surface area contributed by atoms with E-state index in [-0.39, 0.29) is 12.2 Å². The Kier molecular flexibility index (Phi) is 4.16. The molecule has 0 heterocycles. The summed E-state index contributed by atoms with van der Waals surface area (Å²) in [6.07, 6.45) is 0. The van der Waals surface area contributed by atoms with E-state index in [4.69, 9.17) is 11.5 Å². The van der Waals surface area contributed by atoms with Gasteiger partial charge in [-0.1, -0.05) is 0 Å². The van der Waals surface area contributed by atoms with Crippen molar-refractivity contribution in [2.45, 2.75) is 18.7 Å². The Hall–Kier alpha value is -1.67. The molecule has 1 aromatic carbocycles. The molecule has 0 bridgehead atoms. The van der Waals surface area contributed by atoms with Crippen molar-refractivity contribution in [3.05, 3.63) is 24.0 Å². The number of primary amides is 1. The van der Waals surface area contributed by atoms with Gasteiger partial charge in [-0.25, -0.2) is 17.5 Å². The number of halogens is 1.